The highest BCUT2D eigenvalue weighted by atomic mass is 19.2. The lowest BCUT2D eigenvalue weighted by atomic mass is 9.83. The molecule has 0 heterocycles. The average Bonchev–Trinajstić information content (AvgIpc) is 2.50. The zero-order chi connectivity index (χ0) is 18.0. The number of carbonyl (C=O) groups is 2. The summed E-state index contributed by atoms with van der Waals surface area (Å²) in [5.74, 6) is -14.3. The largest absolute Gasteiger partial charge is 0.466 e. The van der Waals surface area contributed by atoms with E-state index in [1.807, 2.05) is 0 Å². The molecule has 1 aliphatic rings. The molecule has 0 radical (unpaired) electrons. The minimum Gasteiger partial charge on any atom is -0.466 e. The molecule has 0 saturated heterocycles. The van der Waals surface area contributed by atoms with E-state index < -0.39 is 52.5 Å². The molecule has 2 rings (SSSR count). The van der Waals surface area contributed by atoms with Crippen LogP contribution in [0, 0.1) is 35.0 Å². The number of oxime groups is 1. The topological polar surface area (TPSA) is 65.0 Å². The summed E-state index contributed by atoms with van der Waals surface area (Å²) in [6.45, 7) is 1.81. The summed E-state index contributed by atoms with van der Waals surface area (Å²) in [5, 5.41) is 3.25. The van der Waals surface area contributed by atoms with Crippen LogP contribution < -0.4 is 0 Å². The van der Waals surface area contributed by atoms with Gasteiger partial charge in [0, 0.05) is 12.8 Å². The number of ether oxygens (including phenoxy) is 1. The lowest BCUT2D eigenvalue weighted by molar-refractivity contribution is -0.148. The van der Waals surface area contributed by atoms with E-state index in [4.69, 9.17) is 4.74 Å². The molecule has 5 nitrogen and oxygen atoms in total. The van der Waals surface area contributed by atoms with E-state index in [1.165, 1.54) is 0 Å². The molecule has 1 aromatic carbocycles. The molecule has 1 fully saturated rings. The molecular weight excluding hydrogens is 341 g/mol. The van der Waals surface area contributed by atoms with Crippen molar-refractivity contribution in [2.24, 2.45) is 11.1 Å². The van der Waals surface area contributed by atoms with Crippen LogP contribution in [-0.4, -0.2) is 24.3 Å². The Bertz CT molecular complexity index is 697. The van der Waals surface area contributed by atoms with Crippen LogP contribution >= 0.6 is 0 Å². The van der Waals surface area contributed by atoms with E-state index in [2.05, 4.69) is 9.99 Å². The fourth-order valence-corrected chi connectivity index (χ4v) is 1.95. The molecule has 0 aromatic heterocycles. The van der Waals surface area contributed by atoms with Crippen molar-refractivity contribution in [1.29, 1.82) is 0 Å². The summed E-state index contributed by atoms with van der Waals surface area (Å²) >= 11 is 0. The van der Waals surface area contributed by atoms with Gasteiger partial charge in [0.25, 0.3) is 0 Å². The summed E-state index contributed by atoms with van der Waals surface area (Å²) in [6, 6.07) is 0. The molecule has 1 aliphatic carbocycles. The number of hydrogen-bond acceptors (Lipinski definition) is 5. The van der Waals surface area contributed by atoms with E-state index in [9.17, 15) is 31.5 Å². The molecule has 1 saturated carbocycles. The van der Waals surface area contributed by atoms with Gasteiger partial charge in [0.1, 0.15) is 5.56 Å². The van der Waals surface area contributed by atoms with Crippen LogP contribution in [0.1, 0.15) is 30.1 Å². The van der Waals surface area contributed by atoms with Crippen molar-refractivity contribution >= 4 is 17.7 Å². The van der Waals surface area contributed by atoms with Gasteiger partial charge in [-0.1, -0.05) is 5.16 Å². The van der Waals surface area contributed by atoms with Gasteiger partial charge in [-0.25, -0.2) is 26.7 Å². The predicted octanol–water partition coefficient (Wildman–Crippen LogP) is 2.87. The number of rotatable bonds is 4. The second kappa shape index (κ2) is 6.93. The van der Waals surface area contributed by atoms with Gasteiger partial charge in [0.2, 0.25) is 5.82 Å². The fourth-order valence-electron chi connectivity index (χ4n) is 1.95. The van der Waals surface area contributed by atoms with Crippen molar-refractivity contribution in [1.82, 2.24) is 0 Å². The lowest BCUT2D eigenvalue weighted by Gasteiger charge is -2.24. The van der Waals surface area contributed by atoms with Crippen molar-refractivity contribution < 1.29 is 41.1 Å². The molecule has 24 heavy (non-hydrogen) atoms. The first-order valence-corrected chi connectivity index (χ1v) is 6.73. The highest BCUT2D eigenvalue weighted by Crippen LogP contribution is 2.27. The van der Waals surface area contributed by atoms with E-state index >= 15 is 0 Å². The van der Waals surface area contributed by atoms with Gasteiger partial charge in [-0.05, 0) is 6.92 Å². The maximum Gasteiger partial charge on any atom is 0.371 e. The van der Waals surface area contributed by atoms with Crippen LogP contribution in [0.3, 0.4) is 0 Å². The van der Waals surface area contributed by atoms with E-state index in [-0.39, 0.29) is 25.2 Å². The Morgan fingerprint density at radius 1 is 1.00 bits per heavy atom. The zero-order valence-corrected chi connectivity index (χ0v) is 12.2. The van der Waals surface area contributed by atoms with Gasteiger partial charge < -0.3 is 9.57 Å². The van der Waals surface area contributed by atoms with Gasteiger partial charge in [-0.15, -0.1) is 0 Å². The quantitative estimate of drug-likeness (QED) is 0.209. The van der Waals surface area contributed by atoms with Gasteiger partial charge in [0.05, 0.1) is 18.2 Å². The molecule has 0 N–H and O–H groups in total. The van der Waals surface area contributed by atoms with Crippen molar-refractivity contribution in [2.75, 3.05) is 6.61 Å². The lowest BCUT2D eigenvalue weighted by Crippen LogP contribution is -2.32. The highest BCUT2D eigenvalue weighted by molar-refractivity contribution is 5.98. The van der Waals surface area contributed by atoms with Crippen LogP contribution in [0.2, 0.25) is 0 Å². The van der Waals surface area contributed by atoms with Crippen molar-refractivity contribution in [3.8, 4) is 0 Å². The Morgan fingerprint density at radius 3 is 2.00 bits per heavy atom. The number of carbonyl (C=O) groups excluding carboxylic acids is 2. The van der Waals surface area contributed by atoms with Crippen LogP contribution in [0.25, 0.3) is 0 Å². The molecule has 0 aliphatic heterocycles. The Balaban J connectivity index is 2.08. The number of hydrogen-bond donors (Lipinski definition) is 0. The highest BCUT2D eigenvalue weighted by Gasteiger charge is 2.34. The zero-order valence-electron chi connectivity index (χ0n) is 12.2. The molecule has 0 atom stereocenters. The first-order chi connectivity index (χ1) is 11.3. The van der Waals surface area contributed by atoms with Gasteiger partial charge in [0.15, 0.2) is 23.3 Å². The molecule has 0 amide bonds. The minimum atomic E-state index is -2.39. The number of nitrogens with zero attached hydrogens (tertiary/aromatic N) is 1. The monoisotopic (exact) mass is 351 g/mol. The number of esters is 1. The molecule has 0 bridgehead atoms. The molecular formula is C14H10F5NO4. The second-order valence-electron chi connectivity index (χ2n) is 4.84. The first kappa shape index (κ1) is 17.8. The summed E-state index contributed by atoms with van der Waals surface area (Å²) in [4.78, 5) is 27.0. The summed E-state index contributed by atoms with van der Waals surface area (Å²) in [5.41, 5.74) is -1.53. The standard InChI is InChI=1S/C14H10F5NO4/c1-2-23-13(21)5-3-6(4-5)20-24-14(22)7-8(15)10(17)12(19)11(18)9(7)16/h5H,2-4H2,1H3. The summed E-state index contributed by atoms with van der Waals surface area (Å²) in [6.07, 6.45) is 0.201. The van der Waals surface area contributed by atoms with Crippen LogP contribution in [0.5, 0.6) is 0 Å². The third-order valence-electron chi connectivity index (χ3n) is 3.26. The van der Waals surface area contributed by atoms with E-state index in [1.54, 1.807) is 6.92 Å². The number of benzene rings is 1. The van der Waals surface area contributed by atoms with Crippen LogP contribution in [0.15, 0.2) is 5.16 Å². The third kappa shape index (κ3) is 3.22. The maximum atomic E-state index is 13.4. The fraction of sp³-hybridized carbons (Fsp3) is 0.357. The maximum absolute atomic E-state index is 13.4. The van der Waals surface area contributed by atoms with Crippen LogP contribution in [-0.2, 0) is 14.4 Å². The smallest absolute Gasteiger partial charge is 0.371 e. The van der Waals surface area contributed by atoms with E-state index in [0.29, 0.717) is 0 Å². The normalized spacial score (nSPS) is 16.4. The SMILES string of the molecule is CCOC(=O)C1CC(=NOC(=O)c2c(F)c(F)c(F)c(F)c2F)C1. The van der Waals surface area contributed by atoms with Gasteiger partial charge in [-0.3, -0.25) is 4.79 Å². The number of halogens is 5. The van der Waals surface area contributed by atoms with Crippen molar-refractivity contribution in [3.05, 3.63) is 34.6 Å². The Labute approximate surface area is 132 Å². The molecule has 10 heteroatoms. The molecule has 0 spiro atoms. The van der Waals surface area contributed by atoms with Gasteiger partial charge in [-0.2, -0.15) is 0 Å². The van der Waals surface area contributed by atoms with Crippen molar-refractivity contribution in [2.45, 2.75) is 19.8 Å². The summed E-state index contributed by atoms with van der Waals surface area (Å²) in [7, 11) is 0. The first-order valence-electron chi connectivity index (χ1n) is 6.73. The average molecular weight is 351 g/mol. The molecule has 130 valence electrons. The summed E-state index contributed by atoms with van der Waals surface area (Å²) < 4.78 is 70.4. The second-order valence-corrected chi connectivity index (χ2v) is 4.84. The van der Waals surface area contributed by atoms with Gasteiger partial charge >= 0.3 is 11.9 Å². The molecule has 0 unspecified atom stereocenters. The third-order valence-corrected chi connectivity index (χ3v) is 3.26. The predicted molar refractivity (Wildman–Crippen MR) is 68.4 cm³/mol. The Morgan fingerprint density at radius 2 is 1.50 bits per heavy atom. The van der Waals surface area contributed by atoms with Crippen molar-refractivity contribution in [3.63, 3.8) is 0 Å². The van der Waals surface area contributed by atoms with Crippen LogP contribution in [0.4, 0.5) is 22.0 Å². The molecule has 1 aromatic rings. The van der Waals surface area contributed by atoms with E-state index in [0.717, 1.165) is 0 Å². The Kier molecular flexibility index (Phi) is 5.15. The minimum absolute atomic E-state index is 0.100. The Hall–Kier alpha value is -2.52.